The second kappa shape index (κ2) is 9.91. The van der Waals surface area contributed by atoms with Crippen molar-refractivity contribution in [2.24, 2.45) is 5.10 Å². The molecule has 0 bridgehead atoms. The molecule has 140 valence electrons. The van der Waals surface area contributed by atoms with Crippen molar-refractivity contribution in [3.05, 3.63) is 56.5 Å². The van der Waals surface area contributed by atoms with E-state index in [0.717, 1.165) is 11.1 Å². The van der Waals surface area contributed by atoms with E-state index in [9.17, 15) is 0 Å². The number of hydrogen-bond acceptors (Lipinski definition) is 4. The van der Waals surface area contributed by atoms with Crippen LogP contribution in [0, 0.1) is 0 Å². The van der Waals surface area contributed by atoms with Crippen LogP contribution in [0.25, 0.3) is 0 Å². The van der Waals surface area contributed by atoms with Crippen LogP contribution in [0.5, 0.6) is 11.5 Å². The van der Waals surface area contributed by atoms with Gasteiger partial charge in [0.25, 0.3) is 0 Å². The molecule has 0 heterocycles. The average Bonchev–Trinajstić information content (AvgIpc) is 2.57. The Morgan fingerprint density at radius 2 is 1.81 bits per heavy atom. The van der Waals surface area contributed by atoms with Gasteiger partial charge in [-0.05, 0) is 50.6 Å². The first-order valence-electron chi connectivity index (χ1n) is 8.24. The number of nitrogens with zero attached hydrogens (tertiary/aromatic N) is 1. The van der Waals surface area contributed by atoms with Crippen molar-refractivity contribution >= 4 is 41.0 Å². The van der Waals surface area contributed by atoms with Crippen LogP contribution in [0.2, 0.25) is 15.1 Å². The minimum atomic E-state index is -0.00624. The Morgan fingerprint density at radius 3 is 2.42 bits per heavy atom. The van der Waals surface area contributed by atoms with Gasteiger partial charge in [-0.3, -0.25) is 0 Å². The molecular formula is C19H21Cl3N2O2. The zero-order chi connectivity index (χ0) is 19.1. The number of benzene rings is 2. The van der Waals surface area contributed by atoms with E-state index in [1.807, 2.05) is 26.8 Å². The Morgan fingerprint density at radius 1 is 1.12 bits per heavy atom. The van der Waals surface area contributed by atoms with Crippen LogP contribution in [-0.2, 0) is 6.54 Å². The van der Waals surface area contributed by atoms with E-state index in [1.54, 1.807) is 30.5 Å². The zero-order valence-corrected chi connectivity index (χ0v) is 17.1. The van der Waals surface area contributed by atoms with Gasteiger partial charge in [-0.25, -0.2) is 0 Å². The SMILES string of the molecule is CCOc1cc(/C=N\NCc2c(Cl)cccc2Cl)cc(Cl)c1OC(C)C. The number of halogens is 3. The van der Waals surface area contributed by atoms with Crippen molar-refractivity contribution in [1.29, 1.82) is 0 Å². The second-order valence-corrected chi connectivity index (χ2v) is 6.94. The van der Waals surface area contributed by atoms with Crippen LogP contribution in [-0.4, -0.2) is 18.9 Å². The summed E-state index contributed by atoms with van der Waals surface area (Å²) in [6.07, 6.45) is 1.64. The molecule has 26 heavy (non-hydrogen) atoms. The van der Waals surface area contributed by atoms with E-state index in [4.69, 9.17) is 44.3 Å². The summed E-state index contributed by atoms with van der Waals surface area (Å²) in [5, 5.41) is 5.87. The maximum atomic E-state index is 6.34. The minimum Gasteiger partial charge on any atom is -0.490 e. The standard InChI is InChI=1S/C19H21Cl3N2O2/c1-4-25-18-9-13(8-17(22)19(18)26-12(2)3)10-23-24-11-14-15(20)6-5-7-16(14)21/h5-10,12,24H,4,11H2,1-3H3/b23-10-. The largest absolute Gasteiger partial charge is 0.490 e. The Hall–Kier alpha value is -1.62. The van der Waals surface area contributed by atoms with Crippen molar-refractivity contribution in [2.45, 2.75) is 33.4 Å². The van der Waals surface area contributed by atoms with Crippen molar-refractivity contribution in [3.8, 4) is 11.5 Å². The molecule has 7 heteroatoms. The molecule has 0 unspecified atom stereocenters. The van der Waals surface area contributed by atoms with Crippen molar-refractivity contribution < 1.29 is 9.47 Å². The van der Waals surface area contributed by atoms with E-state index >= 15 is 0 Å². The first kappa shape index (κ1) is 20.7. The summed E-state index contributed by atoms with van der Waals surface area (Å²) in [6.45, 7) is 6.70. The topological polar surface area (TPSA) is 42.8 Å². The third-order valence-corrected chi connectivity index (χ3v) is 4.30. The first-order chi connectivity index (χ1) is 12.4. The van der Waals surface area contributed by atoms with E-state index in [1.165, 1.54) is 0 Å². The quantitative estimate of drug-likeness (QED) is 0.427. The third kappa shape index (κ3) is 5.70. The predicted molar refractivity (Wildman–Crippen MR) is 109 cm³/mol. The molecule has 0 spiro atoms. The van der Waals surface area contributed by atoms with Gasteiger partial charge in [0.2, 0.25) is 0 Å². The Labute approximate surface area is 169 Å². The highest BCUT2D eigenvalue weighted by atomic mass is 35.5. The number of ether oxygens (including phenoxy) is 2. The lowest BCUT2D eigenvalue weighted by molar-refractivity contribution is 0.224. The smallest absolute Gasteiger partial charge is 0.180 e. The summed E-state index contributed by atoms with van der Waals surface area (Å²) in [6, 6.07) is 8.98. The molecule has 2 rings (SSSR count). The molecule has 0 saturated heterocycles. The van der Waals surface area contributed by atoms with Crippen LogP contribution in [0.4, 0.5) is 0 Å². The van der Waals surface area contributed by atoms with E-state index in [0.29, 0.717) is 39.7 Å². The fourth-order valence-corrected chi connectivity index (χ4v) is 3.02. The van der Waals surface area contributed by atoms with Gasteiger partial charge in [0.05, 0.1) is 30.5 Å². The highest BCUT2D eigenvalue weighted by Gasteiger charge is 2.13. The van der Waals surface area contributed by atoms with E-state index in [-0.39, 0.29) is 6.10 Å². The van der Waals surface area contributed by atoms with Crippen LogP contribution >= 0.6 is 34.8 Å². The van der Waals surface area contributed by atoms with Gasteiger partial charge in [-0.15, -0.1) is 0 Å². The van der Waals surface area contributed by atoms with Crippen molar-refractivity contribution in [3.63, 3.8) is 0 Å². The molecule has 4 nitrogen and oxygen atoms in total. The number of nitrogens with one attached hydrogen (secondary N) is 1. The minimum absolute atomic E-state index is 0.00624. The highest BCUT2D eigenvalue weighted by Crippen LogP contribution is 2.37. The van der Waals surface area contributed by atoms with Crippen molar-refractivity contribution in [2.75, 3.05) is 6.61 Å². The molecule has 1 N–H and O–H groups in total. The predicted octanol–water partition coefficient (Wildman–Crippen LogP) is 5.96. The van der Waals surface area contributed by atoms with Gasteiger partial charge in [-0.1, -0.05) is 40.9 Å². The lowest BCUT2D eigenvalue weighted by atomic mass is 10.2. The second-order valence-electron chi connectivity index (χ2n) is 5.72. The summed E-state index contributed by atoms with van der Waals surface area (Å²) in [5.41, 5.74) is 4.51. The monoisotopic (exact) mass is 414 g/mol. The van der Waals surface area contributed by atoms with Crippen molar-refractivity contribution in [1.82, 2.24) is 5.43 Å². The van der Waals surface area contributed by atoms with Crippen LogP contribution in [0.1, 0.15) is 31.9 Å². The van der Waals surface area contributed by atoms with Crippen LogP contribution < -0.4 is 14.9 Å². The maximum Gasteiger partial charge on any atom is 0.180 e. The van der Waals surface area contributed by atoms with Gasteiger partial charge in [0.15, 0.2) is 11.5 Å². The molecule has 0 aliphatic carbocycles. The molecule has 0 aliphatic heterocycles. The van der Waals surface area contributed by atoms with Gasteiger partial charge in [0, 0.05) is 15.6 Å². The van der Waals surface area contributed by atoms with Crippen LogP contribution in [0.15, 0.2) is 35.4 Å². The number of hydrazone groups is 1. The Kier molecular flexibility index (Phi) is 7.88. The van der Waals surface area contributed by atoms with Gasteiger partial charge in [0.1, 0.15) is 0 Å². The number of rotatable bonds is 8. The molecule has 0 atom stereocenters. The zero-order valence-electron chi connectivity index (χ0n) is 14.9. The molecular weight excluding hydrogens is 395 g/mol. The fraction of sp³-hybridized carbons (Fsp3) is 0.316. The molecule has 2 aromatic rings. The number of hydrogen-bond donors (Lipinski definition) is 1. The fourth-order valence-electron chi connectivity index (χ4n) is 2.22. The molecule has 0 radical (unpaired) electrons. The first-order valence-corrected chi connectivity index (χ1v) is 9.37. The summed E-state index contributed by atoms with van der Waals surface area (Å²) in [7, 11) is 0. The maximum absolute atomic E-state index is 6.34. The molecule has 0 aliphatic rings. The molecule has 2 aromatic carbocycles. The third-order valence-electron chi connectivity index (χ3n) is 3.31. The van der Waals surface area contributed by atoms with Gasteiger partial charge in [-0.2, -0.15) is 5.10 Å². The Bertz CT molecular complexity index is 759. The summed E-state index contributed by atoms with van der Waals surface area (Å²) >= 11 is 18.6. The molecule has 0 amide bonds. The normalized spacial score (nSPS) is 11.2. The highest BCUT2D eigenvalue weighted by molar-refractivity contribution is 6.36. The average molecular weight is 416 g/mol. The lowest BCUT2D eigenvalue weighted by Crippen LogP contribution is -2.09. The van der Waals surface area contributed by atoms with E-state index in [2.05, 4.69) is 10.5 Å². The molecule has 0 saturated carbocycles. The summed E-state index contributed by atoms with van der Waals surface area (Å²) in [4.78, 5) is 0. The molecule has 0 fully saturated rings. The van der Waals surface area contributed by atoms with Gasteiger partial charge < -0.3 is 14.9 Å². The van der Waals surface area contributed by atoms with Gasteiger partial charge >= 0.3 is 0 Å². The van der Waals surface area contributed by atoms with E-state index < -0.39 is 0 Å². The van der Waals surface area contributed by atoms with Crippen LogP contribution in [0.3, 0.4) is 0 Å². The Balaban J connectivity index is 2.12. The molecule has 0 aromatic heterocycles. The summed E-state index contributed by atoms with van der Waals surface area (Å²) in [5.74, 6) is 1.13. The summed E-state index contributed by atoms with van der Waals surface area (Å²) < 4.78 is 11.4. The lowest BCUT2D eigenvalue weighted by Gasteiger charge is -2.16.